The molecule has 19 heavy (non-hydrogen) atoms. The van der Waals surface area contributed by atoms with Crippen LogP contribution in [0.5, 0.6) is 0 Å². The molecule has 0 aromatic heterocycles. The zero-order valence-corrected chi connectivity index (χ0v) is 9.79. The number of carbonyl (C=O) groups is 1. The van der Waals surface area contributed by atoms with E-state index in [1.165, 1.54) is 12.1 Å². The molecule has 0 spiro atoms. The first-order valence-electron chi connectivity index (χ1n) is 5.49. The van der Waals surface area contributed by atoms with E-state index in [-0.39, 0.29) is 17.5 Å². The van der Waals surface area contributed by atoms with Crippen LogP contribution in [0.2, 0.25) is 0 Å². The summed E-state index contributed by atoms with van der Waals surface area (Å²) in [5, 5.41) is 0. The van der Waals surface area contributed by atoms with Crippen LogP contribution in [-0.2, 0) is 11.2 Å². The number of hydrogen-bond acceptors (Lipinski definition) is 1. The van der Waals surface area contributed by atoms with Crippen LogP contribution in [0.4, 0.5) is 13.2 Å². The van der Waals surface area contributed by atoms with Crippen molar-refractivity contribution < 1.29 is 18.0 Å². The van der Waals surface area contributed by atoms with Gasteiger partial charge in [-0.05, 0) is 23.8 Å². The fourth-order valence-electron chi connectivity index (χ4n) is 1.80. The molecule has 0 aliphatic rings. The third kappa shape index (κ3) is 2.93. The number of carbonyl (C=O) groups excluding carboxylic acids is 1. The first-order chi connectivity index (χ1) is 8.97. The van der Waals surface area contributed by atoms with Gasteiger partial charge in [0.15, 0.2) is 0 Å². The standard InChI is InChI=1S/C14H10F3NO/c15-9-2-4-11(13(17)7-9)10-3-1-8(5-12(10)16)6-14(18)19/h1-5,7H,6H2,(H2,18,19). The fraction of sp³-hybridized carbons (Fsp3) is 0.0714. The average molecular weight is 265 g/mol. The molecule has 0 radical (unpaired) electrons. The van der Waals surface area contributed by atoms with Crippen molar-refractivity contribution in [2.75, 3.05) is 0 Å². The third-order valence-corrected chi connectivity index (χ3v) is 2.63. The molecule has 2 aromatic carbocycles. The lowest BCUT2D eigenvalue weighted by molar-refractivity contribution is -0.117. The topological polar surface area (TPSA) is 43.1 Å². The highest BCUT2D eigenvalue weighted by Gasteiger charge is 2.12. The maximum Gasteiger partial charge on any atom is 0.221 e. The molecule has 0 unspecified atom stereocenters. The number of amides is 1. The second-order valence-electron chi connectivity index (χ2n) is 4.08. The van der Waals surface area contributed by atoms with E-state index in [4.69, 9.17) is 5.73 Å². The molecule has 0 atom stereocenters. The molecule has 0 saturated heterocycles. The minimum atomic E-state index is -0.846. The lowest BCUT2D eigenvalue weighted by atomic mass is 10.0. The highest BCUT2D eigenvalue weighted by molar-refractivity contribution is 5.77. The largest absolute Gasteiger partial charge is 0.369 e. The van der Waals surface area contributed by atoms with Crippen LogP contribution in [0, 0.1) is 17.5 Å². The molecular formula is C14H10F3NO. The van der Waals surface area contributed by atoms with Crippen molar-refractivity contribution >= 4 is 5.91 Å². The Morgan fingerprint density at radius 3 is 2.05 bits per heavy atom. The minimum absolute atomic E-state index is 0.00530. The van der Waals surface area contributed by atoms with Crippen LogP contribution in [0.3, 0.4) is 0 Å². The summed E-state index contributed by atoms with van der Waals surface area (Å²) in [6.07, 6.45) is -0.0941. The minimum Gasteiger partial charge on any atom is -0.369 e. The van der Waals surface area contributed by atoms with Gasteiger partial charge in [0.25, 0.3) is 0 Å². The Hall–Kier alpha value is -2.30. The number of hydrogen-bond donors (Lipinski definition) is 1. The summed E-state index contributed by atoms with van der Waals surface area (Å²) >= 11 is 0. The number of benzene rings is 2. The second kappa shape index (κ2) is 5.14. The molecule has 0 aliphatic heterocycles. The van der Waals surface area contributed by atoms with E-state index in [0.29, 0.717) is 11.6 Å². The van der Waals surface area contributed by atoms with Crippen LogP contribution in [0.25, 0.3) is 11.1 Å². The summed E-state index contributed by atoms with van der Waals surface area (Å²) < 4.78 is 40.2. The molecule has 0 saturated carbocycles. The Balaban J connectivity index is 2.43. The Morgan fingerprint density at radius 2 is 1.53 bits per heavy atom. The molecule has 5 heteroatoms. The van der Waals surface area contributed by atoms with Gasteiger partial charge in [0, 0.05) is 17.2 Å². The van der Waals surface area contributed by atoms with Crippen molar-refractivity contribution in [2.45, 2.75) is 6.42 Å². The zero-order chi connectivity index (χ0) is 14.0. The Bertz CT molecular complexity index is 641. The van der Waals surface area contributed by atoms with Gasteiger partial charge in [-0.15, -0.1) is 0 Å². The van der Waals surface area contributed by atoms with Gasteiger partial charge in [0.05, 0.1) is 6.42 Å². The molecule has 98 valence electrons. The van der Waals surface area contributed by atoms with Crippen LogP contribution in [0.15, 0.2) is 36.4 Å². The third-order valence-electron chi connectivity index (χ3n) is 2.63. The highest BCUT2D eigenvalue weighted by Crippen LogP contribution is 2.26. The molecule has 2 nitrogen and oxygen atoms in total. The van der Waals surface area contributed by atoms with E-state index in [1.807, 2.05) is 0 Å². The Morgan fingerprint density at radius 1 is 0.947 bits per heavy atom. The zero-order valence-electron chi connectivity index (χ0n) is 9.79. The predicted octanol–water partition coefficient (Wildman–Crippen LogP) is 2.80. The van der Waals surface area contributed by atoms with Gasteiger partial charge in [-0.2, -0.15) is 0 Å². The number of halogens is 3. The average Bonchev–Trinajstić information content (AvgIpc) is 2.30. The van der Waals surface area contributed by atoms with E-state index in [1.54, 1.807) is 0 Å². The smallest absolute Gasteiger partial charge is 0.221 e. The van der Waals surface area contributed by atoms with Crippen molar-refractivity contribution in [3.05, 3.63) is 59.4 Å². The maximum atomic E-state index is 13.9. The predicted molar refractivity (Wildman–Crippen MR) is 64.7 cm³/mol. The van der Waals surface area contributed by atoms with Gasteiger partial charge in [0.1, 0.15) is 17.5 Å². The van der Waals surface area contributed by atoms with E-state index in [9.17, 15) is 18.0 Å². The summed E-state index contributed by atoms with van der Waals surface area (Å²) in [5.74, 6) is -2.85. The van der Waals surface area contributed by atoms with Crippen LogP contribution >= 0.6 is 0 Å². The van der Waals surface area contributed by atoms with Gasteiger partial charge in [-0.3, -0.25) is 4.79 Å². The summed E-state index contributed by atoms with van der Waals surface area (Å²) in [6.45, 7) is 0. The monoisotopic (exact) mass is 265 g/mol. The van der Waals surface area contributed by atoms with E-state index in [0.717, 1.165) is 18.2 Å². The molecule has 1 amide bonds. The van der Waals surface area contributed by atoms with Crippen molar-refractivity contribution in [3.8, 4) is 11.1 Å². The summed E-state index contributed by atoms with van der Waals surface area (Å²) in [6, 6.07) is 6.83. The van der Waals surface area contributed by atoms with Crippen molar-refractivity contribution in [1.82, 2.24) is 0 Å². The molecule has 0 heterocycles. The van der Waals surface area contributed by atoms with E-state index >= 15 is 0 Å². The Kier molecular flexibility index (Phi) is 3.55. The molecule has 2 N–H and O–H groups in total. The first kappa shape index (κ1) is 13.1. The first-order valence-corrected chi connectivity index (χ1v) is 5.49. The van der Waals surface area contributed by atoms with Crippen LogP contribution < -0.4 is 5.73 Å². The Labute approximate surface area is 107 Å². The van der Waals surface area contributed by atoms with Gasteiger partial charge in [-0.25, -0.2) is 13.2 Å². The van der Waals surface area contributed by atoms with Gasteiger partial charge >= 0.3 is 0 Å². The van der Waals surface area contributed by atoms with Gasteiger partial charge in [0.2, 0.25) is 5.91 Å². The number of primary amides is 1. The molecular weight excluding hydrogens is 255 g/mol. The highest BCUT2D eigenvalue weighted by atomic mass is 19.1. The normalized spacial score (nSPS) is 10.5. The van der Waals surface area contributed by atoms with E-state index in [2.05, 4.69) is 0 Å². The summed E-state index contributed by atoms with van der Waals surface area (Å²) in [7, 11) is 0. The molecule has 2 aromatic rings. The summed E-state index contributed by atoms with van der Waals surface area (Å²) in [5.41, 5.74) is 5.37. The molecule has 0 bridgehead atoms. The van der Waals surface area contributed by atoms with Crippen molar-refractivity contribution in [2.24, 2.45) is 5.73 Å². The number of nitrogens with two attached hydrogens (primary N) is 1. The quantitative estimate of drug-likeness (QED) is 0.911. The fourth-order valence-corrected chi connectivity index (χ4v) is 1.80. The lowest BCUT2D eigenvalue weighted by Crippen LogP contribution is -2.13. The lowest BCUT2D eigenvalue weighted by Gasteiger charge is -2.07. The van der Waals surface area contributed by atoms with E-state index < -0.39 is 23.4 Å². The van der Waals surface area contributed by atoms with Gasteiger partial charge < -0.3 is 5.73 Å². The van der Waals surface area contributed by atoms with Crippen molar-refractivity contribution in [3.63, 3.8) is 0 Å². The number of rotatable bonds is 3. The second-order valence-corrected chi connectivity index (χ2v) is 4.08. The van der Waals surface area contributed by atoms with Crippen LogP contribution in [-0.4, -0.2) is 5.91 Å². The molecule has 0 aliphatic carbocycles. The molecule has 0 fully saturated rings. The maximum absolute atomic E-state index is 13.9. The summed E-state index contributed by atoms with van der Waals surface area (Å²) in [4.78, 5) is 10.7. The van der Waals surface area contributed by atoms with Crippen LogP contribution in [0.1, 0.15) is 5.56 Å². The SMILES string of the molecule is NC(=O)Cc1ccc(-c2ccc(F)cc2F)c(F)c1. The van der Waals surface area contributed by atoms with Crippen molar-refractivity contribution in [1.29, 1.82) is 0 Å². The molecule has 2 rings (SSSR count). The van der Waals surface area contributed by atoms with Gasteiger partial charge in [-0.1, -0.05) is 12.1 Å².